The number of carbonyl (C=O) groups is 1. The average Bonchev–Trinajstić information content (AvgIpc) is 2.88. The van der Waals surface area contributed by atoms with Crippen molar-refractivity contribution in [1.82, 2.24) is 5.43 Å². The molecule has 0 saturated carbocycles. The molecule has 3 rings (SSSR count). The van der Waals surface area contributed by atoms with Crippen molar-refractivity contribution < 1.29 is 31.1 Å². The first-order valence-corrected chi connectivity index (χ1v) is 13.6. The number of carbonyl (C=O) groups excluding carboxylic acids is 1. The largest absolute Gasteiger partial charge is 0.494 e. The molecule has 37 heavy (non-hydrogen) atoms. The fourth-order valence-electron chi connectivity index (χ4n) is 3.27. The molecule has 12 heteroatoms. The molecule has 0 aromatic heterocycles. The van der Waals surface area contributed by atoms with Crippen LogP contribution in [-0.2, 0) is 21.0 Å². The zero-order valence-corrected chi connectivity index (χ0v) is 21.5. The van der Waals surface area contributed by atoms with Crippen molar-refractivity contribution in [3.05, 3.63) is 83.9 Å². The second kappa shape index (κ2) is 12.2. The second-order valence-electron chi connectivity index (χ2n) is 7.49. The first kappa shape index (κ1) is 28.1. The van der Waals surface area contributed by atoms with Gasteiger partial charge in [0.15, 0.2) is 0 Å². The molecule has 1 N–H and O–H groups in total. The smallest absolute Gasteiger partial charge is 0.417 e. The maximum Gasteiger partial charge on any atom is 0.417 e. The van der Waals surface area contributed by atoms with Gasteiger partial charge in [-0.1, -0.05) is 18.2 Å². The number of thioether (sulfide) groups is 1. The highest BCUT2D eigenvalue weighted by molar-refractivity contribution is 7.98. The van der Waals surface area contributed by atoms with Crippen molar-refractivity contribution in [2.45, 2.75) is 22.9 Å². The van der Waals surface area contributed by atoms with Gasteiger partial charge in [-0.05, 0) is 67.8 Å². The first-order chi connectivity index (χ1) is 17.6. The Morgan fingerprint density at radius 2 is 1.70 bits per heavy atom. The Morgan fingerprint density at radius 3 is 2.30 bits per heavy atom. The highest BCUT2D eigenvalue weighted by Gasteiger charge is 2.32. The van der Waals surface area contributed by atoms with Crippen LogP contribution in [0.1, 0.15) is 18.1 Å². The molecule has 196 valence electrons. The summed E-state index contributed by atoms with van der Waals surface area (Å²) in [6.45, 7) is 1.56. The zero-order chi connectivity index (χ0) is 27.1. The fraction of sp³-hybridized carbons (Fsp3) is 0.200. The number of alkyl halides is 3. The van der Waals surface area contributed by atoms with Gasteiger partial charge in [0, 0.05) is 10.5 Å². The molecule has 0 radical (unpaired) electrons. The number of anilines is 1. The minimum atomic E-state index is -4.60. The average molecular weight is 552 g/mol. The van der Waals surface area contributed by atoms with E-state index in [1.54, 1.807) is 31.2 Å². The molecule has 0 aliphatic rings. The number of hydrazone groups is 1. The van der Waals surface area contributed by atoms with Gasteiger partial charge in [-0.2, -0.15) is 18.3 Å². The lowest BCUT2D eigenvalue weighted by atomic mass is 10.1. The number of hydrogen-bond donors (Lipinski definition) is 1. The van der Waals surface area contributed by atoms with Crippen molar-refractivity contribution in [1.29, 1.82) is 0 Å². The van der Waals surface area contributed by atoms with Gasteiger partial charge in [-0.25, -0.2) is 13.8 Å². The van der Waals surface area contributed by atoms with E-state index >= 15 is 0 Å². The molecule has 0 atom stereocenters. The summed E-state index contributed by atoms with van der Waals surface area (Å²) in [6.07, 6.45) is -1.89. The van der Waals surface area contributed by atoms with E-state index in [2.05, 4.69) is 10.5 Å². The van der Waals surface area contributed by atoms with E-state index in [-0.39, 0.29) is 16.1 Å². The van der Waals surface area contributed by atoms with E-state index < -0.39 is 34.2 Å². The lowest BCUT2D eigenvalue weighted by Gasteiger charge is -2.24. The molecular formula is C25H24F3N3O4S2. The van der Waals surface area contributed by atoms with Crippen LogP contribution in [0.15, 0.2) is 87.7 Å². The molecule has 7 nitrogen and oxygen atoms in total. The van der Waals surface area contributed by atoms with Gasteiger partial charge in [-0.15, -0.1) is 11.8 Å². The van der Waals surface area contributed by atoms with Gasteiger partial charge in [0.1, 0.15) is 12.3 Å². The summed E-state index contributed by atoms with van der Waals surface area (Å²) in [6, 6.07) is 17.0. The minimum absolute atomic E-state index is 0.0328. The van der Waals surface area contributed by atoms with Gasteiger partial charge < -0.3 is 4.74 Å². The number of rotatable bonds is 10. The molecule has 0 bridgehead atoms. The third-order valence-corrected chi connectivity index (χ3v) is 7.56. The number of ether oxygens (including phenoxy) is 1. The van der Waals surface area contributed by atoms with Crippen LogP contribution in [0.4, 0.5) is 18.9 Å². The van der Waals surface area contributed by atoms with Crippen LogP contribution >= 0.6 is 11.8 Å². The number of nitrogens with one attached hydrogen (secondary N) is 1. The summed E-state index contributed by atoms with van der Waals surface area (Å²) < 4.78 is 72.8. The topological polar surface area (TPSA) is 88.1 Å². The van der Waals surface area contributed by atoms with E-state index in [1.165, 1.54) is 54.2 Å². The van der Waals surface area contributed by atoms with E-state index in [1.807, 2.05) is 6.26 Å². The SMILES string of the molecule is CCOc1ccc(N(CC(=O)N/N=C\c2ccccc2C(F)(F)F)S(=O)(=O)c2ccc(SC)cc2)cc1. The van der Waals surface area contributed by atoms with E-state index in [4.69, 9.17) is 4.74 Å². The molecule has 0 aliphatic carbocycles. The Kier molecular flexibility index (Phi) is 9.22. The Morgan fingerprint density at radius 1 is 1.05 bits per heavy atom. The number of nitrogens with zero attached hydrogens (tertiary/aromatic N) is 2. The highest BCUT2D eigenvalue weighted by atomic mass is 32.2. The molecule has 3 aromatic carbocycles. The number of amides is 1. The van der Waals surface area contributed by atoms with Crippen molar-refractivity contribution in [3.8, 4) is 5.75 Å². The van der Waals surface area contributed by atoms with Crippen molar-refractivity contribution in [2.75, 3.05) is 23.7 Å². The molecule has 0 spiro atoms. The Labute approximate surface area is 217 Å². The third-order valence-electron chi connectivity index (χ3n) is 5.03. The Balaban J connectivity index is 1.86. The standard InChI is InChI=1S/C25H24F3N3O4S2/c1-3-35-20-10-8-19(9-11-20)31(37(33,34)22-14-12-21(36-2)13-15-22)17-24(32)30-29-16-18-6-4-5-7-23(18)25(26,27)28/h4-16H,3,17H2,1-2H3,(H,30,32)/b29-16-. The van der Waals surface area contributed by atoms with Crippen LogP contribution in [0.25, 0.3) is 0 Å². The van der Waals surface area contributed by atoms with E-state index in [0.29, 0.717) is 12.4 Å². The van der Waals surface area contributed by atoms with Gasteiger partial charge in [0.2, 0.25) is 0 Å². The van der Waals surface area contributed by atoms with Crippen LogP contribution in [-0.4, -0.2) is 39.9 Å². The first-order valence-electron chi connectivity index (χ1n) is 10.9. The molecule has 0 unspecified atom stereocenters. The van der Waals surface area contributed by atoms with Gasteiger partial charge in [-0.3, -0.25) is 9.10 Å². The molecule has 1 amide bonds. The fourth-order valence-corrected chi connectivity index (χ4v) is 5.10. The lowest BCUT2D eigenvalue weighted by Crippen LogP contribution is -2.39. The normalized spacial score (nSPS) is 11.9. The predicted molar refractivity (Wildman–Crippen MR) is 138 cm³/mol. The zero-order valence-electron chi connectivity index (χ0n) is 19.9. The lowest BCUT2D eigenvalue weighted by molar-refractivity contribution is -0.137. The predicted octanol–water partition coefficient (Wildman–Crippen LogP) is 5.17. The van der Waals surface area contributed by atoms with Gasteiger partial charge in [0.05, 0.1) is 29.0 Å². The van der Waals surface area contributed by atoms with Crippen molar-refractivity contribution >= 4 is 39.6 Å². The minimum Gasteiger partial charge on any atom is -0.494 e. The maximum absolute atomic E-state index is 13.5. The summed E-state index contributed by atoms with van der Waals surface area (Å²) >= 11 is 1.45. The molecule has 0 aliphatic heterocycles. The molecule has 3 aromatic rings. The van der Waals surface area contributed by atoms with Crippen LogP contribution < -0.4 is 14.5 Å². The quantitative estimate of drug-likeness (QED) is 0.213. The number of hydrogen-bond acceptors (Lipinski definition) is 6. The molecule has 0 saturated heterocycles. The number of benzene rings is 3. The highest BCUT2D eigenvalue weighted by Crippen LogP contribution is 2.31. The third kappa shape index (κ3) is 7.26. The van der Waals surface area contributed by atoms with Crippen LogP contribution in [0.3, 0.4) is 0 Å². The monoisotopic (exact) mass is 551 g/mol. The van der Waals surface area contributed by atoms with Crippen LogP contribution in [0.2, 0.25) is 0 Å². The summed E-state index contributed by atoms with van der Waals surface area (Å²) in [4.78, 5) is 13.5. The van der Waals surface area contributed by atoms with E-state index in [9.17, 15) is 26.4 Å². The van der Waals surface area contributed by atoms with Crippen molar-refractivity contribution in [3.63, 3.8) is 0 Å². The molecule has 0 heterocycles. The molecular weight excluding hydrogens is 527 g/mol. The van der Waals surface area contributed by atoms with E-state index in [0.717, 1.165) is 21.5 Å². The maximum atomic E-state index is 13.5. The number of halogens is 3. The van der Waals surface area contributed by atoms with Crippen LogP contribution in [0, 0.1) is 0 Å². The van der Waals surface area contributed by atoms with Crippen LogP contribution in [0.5, 0.6) is 5.75 Å². The van der Waals surface area contributed by atoms with Gasteiger partial charge in [0.25, 0.3) is 15.9 Å². The Hall–Kier alpha value is -3.51. The Bertz CT molecular complexity index is 1340. The second-order valence-corrected chi connectivity index (χ2v) is 10.2. The molecule has 0 fully saturated rings. The summed E-state index contributed by atoms with van der Waals surface area (Å²) in [5.74, 6) is -0.329. The number of sulfonamides is 1. The summed E-state index contributed by atoms with van der Waals surface area (Å²) in [5.41, 5.74) is 1.14. The summed E-state index contributed by atoms with van der Waals surface area (Å²) in [5, 5.41) is 3.61. The van der Waals surface area contributed by atoms with Crippen molar-refractivity contribution in [2.24, 2.45) is 5.10 Å². The summed E-state index contributed by atoms with van der Waals surface area (Å²) in [7, 11) is -4.18. The van der Waals surface area contributed by atoms with Gasteiger partial charge >= 0.3 is 6.18 Å².